The highest BCUT2D eigenvalue weighted by Crippen LogP contribution is 2.30. The lowest BCUT2D eigenvalue weighted by atomic mass is 9.83. The van der Waals surface area contributed by atoms with Crippen LogP contribution in [0, 0.1) is 23.7 Å². The first kappa shape index (κ1) is 38.7. The number of hydrogen-bond acceptors (Lipinski definition) is 8. The van der Waals surface area contributed by atoms with Gasteiger partial charge in [-0.05, 0) is 86.8 Å². The van der Waals surface area contributed by atoms with Crippen LogP contribution in [0.5, 0.6) is 0 Å². The van der Waals surface area contributed by atoms with Crippen LogP contribution in [-0.2, 0) is 38.1 Å². The van der Waals surface area contributed by atoms with Gasteiger partial charge in [0.2, 0.25) is 5.91 Å². The summed E-state index contributed by atoms with van der Waals surface area (Å²) in [7, 11) is 0. The maximum atomic E-state index is 13.5. The molecular weight excluding hydrogens is 562 g/mol. The van der Waals surface area contributed by atoms with Gasteiger partial charge in [0, 0.05) is 11.1 Å². The molecule has 1 amide bonds. The monoisotopic (exact) mass is 617 g/mol. The summed E-state index contributed by atoms with van der Waals surface area (Å²) in [5.41, 5.74) is -2.15. The summed E-state index contributed by atoms with van der Waals surface area (Å²) < 4.78 is 22.4. The average molecular weight is 618 g/mol. The van der Waals surface area contributed by atoms with Gasteiger partial charge in [0.1, 0.15) is 23.4 Å². The van der Waals surface area contributed by atoms with Crippen molar-refractivity contribution in [2.24, 2.45) is 23.7 Å². The third kappa shape index (κ3) is 15.9. The minimum Gasteiger partial charge on any atom is -0.499 e. The van der Waals surface area contributed by atoms with Crippen molar-refractivity contribution in [2.75, 3.05) is 13.2 Å². The smallest absolute Gasteiger partial charge is 0.309 e. The molecule has 0 aliphatic heterocycles. The van der Waals surface area contributed by atoms with Crippen LogP contribution in [0.2, 0.25) is 0 Å². The first-order valence-corrected chi connectivity index (χ1v) is 15.4. The third-order valence-electron chi connectivity index (χ3n) is 6.36. The number of nitrogens with one attached hydrogen (secondary N) is 1. The second-order valence-electron chi connectivity index (χ2n) is 14.5. The van der Waals surface area contributed by atoms with Crippen LogP contribution in [0.4, 0.5) is 0 Å². The van der Waals surface area contributed by atoms with Gasteiger partial charge >= 0.3 is 17.9 Å². The number of esters is 3. The summed E-state index contributed by atoms with van der Waals surface area (Å²) in [5.74, 6) is -4.51. The van der Waals surface area contributed by atoms with Gasteiger partial charge in [-0.1, -0.05) is 44.7 Å². The zero-order valence-electron chi connectivity index (χ0n) is 28.7. The summed E-state index contributed by atoms with van der Waals surface area (Å²) >= 11 is 0. The van der Waals surface area contributed by atoms with Gasteiger partial charge in [-0.2, -0.15) is 0 Å². The van der Waals surface area contributed by atoms with Gasteiger partial charge in [-0.25, -0.2) is 0 Å². The SMILES string of the molecule is C=c1ccccc1=COCCNC(=O)C(CC(C)C(=O)OC(C)(C)C)CC(CC(C)C(=O)OC(C)(C)C)C(=O)OC(C)(C)C. The number of carbonyl (C=O) groups excluding carboxylic acids is 4. The Labute approximate surface area is 263 Å². The maximum absolute atomic E-state index is 13.5. The van der Waals surface area contributed by atoms with Gasteiger partial charge in [0.05, 0.1) is 30.6 Å². The quantitative estimate of drug-likeness (QED) is 0.182. The van der Waals surface area contributed by atoms with Crippen LogP contribution in [-0.4, -0.2) is 53.8 Å². The molecule has 0 aliphatic rings. The van der Waals surface area contributed by atoms with E-state index >= 15 is 0 Å². The molecule has 4 atom stereocenters. The molecule has 0 bridgehead atoms. The van der Waals surface area contributed by atoms with E-state index in [0.29, 0.717) is 0 Å². The van der Waals surface area contributed by atoms with Gasteiger partial charge in [-0.15, -0.1) is 0 Å². The van der Waals surface area contributed by atoms with E-state index in [9.17, 15) is 19.2 Å². The molecule has 0 aliphatic carbocycles. The second kappa shape index (κ2) is 16.6. The molecule has 9 heteroatoms. The average Bonchev–Trinajstić information content (AvgIpc) is 2.85. The molecular formula is C35H55NO8. The minimum atomic E-state index is -0.795. The minimum absolute atomic E-state index is 0.0723. The van der Waals surface area contributed by atoms with Crippen LogP contribution < -0.4 is 15.8 Å². The standard InChI is InChI=1S/C35H55NO8/c1-23-15-13-14-16-26(23)22-41-18-17-36-29(37)27(19-24(2)30(38)42-33(4,5)6)21-28(32(40)44-35(10,11)12)20-25(3)31(39)43-34(7,8)9/h13-16,22,24-25,27-28H,1,17-21H2,2-12H3,(H,36,37). The van der Waals surface area contributed by atoms with Gasteiger partial charge in [0.15, 0.2) is 0 Å². The molecule has 1 aromatic carbocycles. The molecule has 9 nitrogen and oxygen atoms in total. The Morgan fingerprint density at radius 1 is 0.727 bits per heavy atom. The van der Waals surface area contributed by atoms with E-state index in [-0.39, 0.29) is 38.3 Å². The highest BCUT2D eigenvalue weighted by molar-refractivity contribution is 5.82. The third-order valence-corrected chi connectivity index (χ3v) is 6.36. The molecule has 44 heavy (non-hydrogen) atoms. The van der Waals surface area contributed by atoms with Gasteiger partial charge in [-0.3, -0.25) is 19.2 Å². The topological polar surface area (TPSA) is 117 Å². The lowest BCUT2D eigenvalue weighted by Crippen LogP contribution is -2.39. The molecule has 0 saturated carbocycles. The number of benzene rings is 1. The first-order valence-electron chi connectivity index (χ1n) is 15.4. The van der Waals surface area contributed by atoms with Crippen LogP contribution in [0.1, 0.15) is 95.4 Å². The number of carbonyl (C=O) groups is 4. The Kier molecular flexibility index (Phi) is 14.6. The van der Waals surface area contributed by atoms with Crippen molar-refractivity contribution in [2.45, 2.75) is 112 Å². The normalized spacial score (nSPS) is 15.4. The van der Waals surface area contributed by atoms with Crippen molar-refractivity contribution >= 4 is 36.7 Å². The van der Waals surface area contributed by atoms with Gasteiger partial charge < -0.3 is 24.3 Å². The highest BCUT2D eigenvalue weighted by atomic mass is 16.6. The van der Waals surface area contributed by atoms with Crippen molar-refractivity contribution in [3.05, 3.63) is 34.7 Å². The Morgan fingerprint density at radius 3 is 1.66 bits per heavy atom. The zero-order chi connectivity index (χ0) is 33.9. The summed E-state index contributed by atoms with van der Waals surface area (Å²) in [5, 5.41) is 4.54. The molecule has 0 saturated heterocycles. The Hall–Kier alpha value is -3.36. The molecule has 1 aromatic rings. The fourth-order valence-electron chi connectivity index (χ4n) is 4.35. The number of rotatable bonds is 14. The Balaban J connectivity index is 3.18. The van der Waals surface area contributed by atoms with E-state index in [1.165, 1.54) is 0 Å². The van der Waals surface area contributed by atoms with Crippen LogP contribution in [0.15, 0.2) is 24.3 Å². The largest absolute Gasteiger partial charge is 0.499 e. The number of amides is 1. The van der Waals surface area contributed by atoms with Crippen molar-refractivity contribution in [1.29, 1.82) is 0 Å². The summed E-state index contributed by atoms with van der Waals surface area (Å²) in [6, 6.07) is 7.52. The van der Waals surface area contributed by atoms with E-state index in [4.69, 9.17) is 18.9 Å². The molecule has 248 valence electrons. The predicted molar refractivity (Wildman–Crippen MR) is 171 cm³/mol. The molecule has 0 heterocycles. The van der Waals surface area contributed by atoms with Crippen molar-refractivity contribution in [3.63, 3.8) is 0 Å². The zero-order valence-corrected chi connectivity index (χ0v) is 28.7. The second-order valence-corrected chi connectivity index (χ2v) is 14.5. The van der Waals surface area contributed by atoms with Crippen LogP contribution in [0.3, 0.4) is 0 Å². The molecule has 1 N–H and O–H groups in total. The molecule has 1 rings (SSSR count). The maximum Gasteiger partial charge on any atom is 0.309 e. The lowest BCUT2D eigenvalue weighted by molar-refractivity contribution is -0.164. The van der Waals surface area contributed by atoms with Crippen LogP contribution in [0.25, 0.3) is 12.8 Å². The molecule has 0 spiro atoms. The van der Waals surface area contributed by atoms with Crippen molar-refractivity contribution < 1.29 is 38.1 Å². The Bertz CT molecular complexity index is 1220. The fraction of sp³-hybridized carbons (Fsp3) is 0.657. The number of ether oxygens (including phenoxy) is 4. The van der Waals surface area contributed by atoms with Crippen molar-refractivity contribution in [3.8, 4) is 0 Å². The highest BCUT2D eigenvalue weighted by Gasteiger charge is 2.36. The lowest BCUT2D eigenvalue weighted by Gasteiger charge is -2.29. The first-order chi connectivity index (χ1) is 20.1. The van der Waals surface area contributed by atoms with Gasteiger partial charge in [0.25, 0.3) is 0 Å². The predicted octanol–water partition coefficient (Wildman–Crippen LogP) is 4.67. The summed E-state index contributed by atoms with van der Waals surface area (Å²) in [6.45, 7) is 23.7. The van der Waals surface area contributed by atoms with E-state index in [1.807, 2.05) is 24.3 Å². The van der Waals surface area contributed by atoms with Crippen LogP contribution >= 0.6 is 0 Å². The van der Waals surface area contributed by atoms with E-state index in [2.05, 4.69) is 11.9 Å². The Morgan fingerprint density at radius 2 is 1.18 bits per heavy atom. The molecule has 0 radical (unpaired) electrons. The molecule has 0 fully saturated rings. The molecule has 4 unspecified atom stereocenters. The van der Waals surface area contributed by atoms with E-state index < -0.39 is 58.4 Å². The molecule has 0 aromatic heterocycles. The van der Waals surface area contributed by atoms with E-state index in [0.717, 1.165) is 10.4 Å². The van der Waals surface area contributed by atoms with Crippen molar-refractivity contribution in [1.82, 2.24) is 5.32 Å². The fourth-order valence-corrected chi connectivity index (χ4v) is 4.35. The summed E-state index contributed by atoms with van der Waals surface area (Å²) in [4.78, 5) is 52.6. The summed E-state index contributed by atoms with van der Waals surface area (Å²) in [6.07, 6.45) is 1.93. The van der Waals surface area contributed by atoms with E-state index in [1.54, 1.807) is 82.4 Å². The number of hydrogen-bond donors (Lipinski definition) is 1.